The first kappa shape index (κ1) is 13.5. The molecule has 1 aromatic rings. The summed E-state index contributed by atoms with van der Waals surface area (Å²) in [4.78, 5) is 11.7. The monoisotopic (exact) mass is 271 g/mol. The van der Waals surface area contributed by atoms with Crippen molar-refractivity contribution in [1.29, 1.82) is 0 Å². The highest BCUT2D eigenvalue weighted by molar-refractivity contribution is 7.10. The molecule has 0 spiro atoms. The van der Waals surface area contributed by atoms with Crippen molar-refractivity contribution in [3.63, 3.8) is 0 Å². The first-order valence-electron chi connectivity index (χ1n) is 5.79. The highest BCUT2D eigenvalue weighted by atomic mass is 32.1. The summed E-state index contributed by atoms with van der Waals surface area (Å²) in [6, 6.07) is 1.69. The van der Waals surface area contributed by atoms with E-state index in [1.165, 1.54) is 11.3 Å². The predicted octanol–water partition coefficient (Wildman–Crippen LogP) is 1.69. The lowest BCUT2D eigenvalue weighted by Gasteiger charge is -2.17. The number of ether oxygens (including phenoxy) is 2. The molecule has 0 bridgehead atoms. The van der Waals surface area contributed by atoms with Crippen molar-refractivity contribution in [3.8, 4) is 0 Å². The molecule has 1 fully saturated rings. The molecule has 1 saturated heterocycles. The van der Waals surface area contributed by atoms with Crippen molar-refractivity contribution < 1.29 is 19.4 Å². The molecule has 1 aliphatic heterocycles. The summed E-state index contributed by atoms with van der Waals surface area (Å²) in [5, 5.41) is 13.7. The second-order valence-electron chi connectivity index (χ2n) is 4.69. The zero-order valence-corrected chi connectivity index (χ0v) is 11.3. The molecule has 2 N–H and O–H groups in total. The SMILES string of the molecule is CC1(C)OCC(CNCc2cc(C(=O)O)cs2)O1. The standard InChI is InChI=1S/C12H17NO4S/c1-12(2)16-6-9(17-12)4-13-5-10-3-8(7-18-10)11(14)15/h3,7,9,13H,4-6H2,1-2H3,(H,14,15). The van der Waals surface area contributed by atoms with Crippen LogP contribution in [0.2, 0.25) is 0 Å². The number of hydrogen-bond donors (Lipinski definition) is 2. The minimum atomic E-state index is -0.883. The summed E-state index contributed by atoms with van der Waals surface area (Å²) in [5.74, 6) is -1.38. The highest BCUT2D eigenvalue weighted by Crippen LogP contribution is 2.22. The lowest BCUT2D eigenvalue weighted by atomic mass is 10.3. The van der Waals surface area contributed by atoms with Crippen LogP contribution in [0.3, 0.4) is 0 Å². The number of carboxylic acid groups (broad SMARTS) is 1. The van der Waals surface area contributed by atoms with Gasteiger partial charge in [-0.2, -0.15) is 0 Å². The third-order valence-corrected chi connectivity index (χ3v) is 3.58. The molecule has 0 radical (unpaired) electrons. The van der Waals surface area contributed by atoms with Crippen LogP contribution in [0.1, 0.15) is 29.1 Å². The fraction of sp³-hybridized carbons (Fsp3) is 0.583. The number of nitrogens with one attached hydrogen (secondary N) is 1. The Kier molecular flexibility index (Phi) is 4.01. The van der Waals surface area contributed by atoms with Crippen molar-refractivity contribution in [1.82, 2.24) is 5.32 Å². The number of carbonyl (C=O) groups is 1. The van der Waals surface area contributed by atoms with E-state index in [0.29, 0.717) is 25.3 Å². The zero-order chi connectivity index (χ0) is 13.2. The summed E-state index contributed by atoms with van der Waals surface area (Å²) in [6.07, 6.45) is 0.0545. The van der Waals surface area contributed by atoms with E-state index in [4.69, 9.17) is 14.6 Å². The smallest absolute Gasteiger partial charge is 0.336 e. The lowest BCUT2D eigenvalue weighted by Crippen LogP contribution is -2.30. The van der Waals surface area contributed by atoms with Gasteiger partial charge in [0.2, 0.25) is 0 Å². The van der Waals surface area contributed by atoms with Gasteiger partial charge < -0.3 is 19.9 Å². The second-order valence-corrected chi connectivity index (χ2v) is 5.68. The van der Waals surface area contributed by atoms with Crippen LogP contribution in [-0.4, -0.2) is 36.1 Å². The van der Waals surface area contributed by atoms with Gasteiger partial charge in [0.05, 0.1) is 18.3 Å². The molecule has 1 aliphatic rings. The maximum Gasteiger partial charge on any atom is 0.336 e. The van der Waals surface area contributed by atoms with Crippen molar-refractivity contribution in [3.05, 3.63) is 21.9 Å². The van der Waals surface area contributed by atoms with Crippen LogP contribution in [0, 0.1) is 0 Å². The summed E-state index contributed by atoms with van der Waals surface area (Å²) in [6.45, 7) is 5.73. The molecule has 0 amide bonds. The normalized spacial score (nSPS) is 22.2. The average Bonchev–Trinajstić information content (AvgIpc) is 2.86. The van der Waals surface area contributed by atoms with E-state index in [-0.39, 0.29) is 6.10 Å². The van der Waals surface area contributed by atoms with Crippen molar-refractivity contribution in [2.24, 2.45) is 0 Å². The Hall–Kier alpha value is -0.950. The molecule has 6 heteroatoms. The summed E-state index contributed by atoms with van der Waals surface area (Å²) in [5.41, 5.74) is 0.346. The third-order valence-electron chi connectivity index (χ3n) is 2.64. The van der Waals surface area contributed by atoms with Crippen LogP contribution in [0.15, 0.2) is 11.4 Å². The van der Waals surface area contributed by atoms with Crippen molar-refractivity contribution in [2.45, 2.75) is 32.3 Å². The molecule has 0 aliphatic carbocycles. The largest absolute Gasteiger partial charge is 0.478 e. The van der Waals surface area contributed by atoms with Gasteiger partial charge in [-0.05, 0) is 19.9 Å². The van der Waals surface area contributed by atoms with Crippen LogP contribution < -0.4 is 5.32 Å². The lowest BCUT2D eigenvalue weighted by molar-refractivity contribution is -0.137. The maximum absolute atomic E-state index is 10.7. The first-order valence-corrected chi connectivity index (χ1v) is 6.67. The molecule has 1 aromatic heterocycles. The molecular formula is C12H17NO4S. The van der Waals surface area contributed by atoms with Gasteiger partial charge in [0.25, 0.3) is 0 Å². The molecule has 1 unspecified atom stereocenters. The van der Waals surface area contributed by atoms with Gasteiger partial charge >= 0.3 is 5.97 Å². The molecule has 0 saturated carbocycles. The van der Waals surface area contributed by atoms with E-state index >= 15 is 0 Å². The third kappa shape index (κ3) is 3.52. The quantitative estimate of drug-likeness (QED) is 0.853. The Morgan fingerprint density at radius 2 is 2.44 bits per heavy atom. The Balaban J connectivity index is 1.74. The van der Waals surface area contributed by atoms with E-state index in [0.717, 1.165) is 4.88 Å². The molecule has 2 rings (SSSR count). The number of carboxylic acids is 1. The van der Waals surface area contributed by atoms with E-state index in [2.05, 4.69) is 5.32 Å². The Bertz CT molecular complexity index is 429. The Morgan fingerprint density at radius 1 is 1.67 bits per heavy atom. The number of thiophene rings is 1. The Morgan fingerprint density at radius 3 is 3.00 bits per heavy atom. The van der Waals surface area contributed by atoms with Crippen LogP contribution in [0.25, 0.3) is 0 Å². The van der Waals surface area contributed by atoms with E-state index in [1.54, 1.807) is 11.4 Å². The van der Waals surface area contributed by atoms with Gasteiger partial charge in [-0.3, -0.25) is 0 Å². The molecule has 0 aromatic carbocycles. The molecule has 100 valence electrons. The van der Waals surface area contributed by atoms with Crippen molar-refractivity contribution >= 4 is 17.3 Å². The van der Waals surface area contributed by atoms with E-state index < -0.39 is 11.8 Å². The topological polar surface area (TPSA) is 67.8 Å². The summed E-state index contributed by atoms with van der Waals surface area (Å²) < 4.78 is 11.1. The van der Waals surface area contributed by atoms with Gasteiger partial charge in [-0.1, -0.05) is 0 Å². The fourth-order valence-electron chi connectivity index (χ4n) is 1.81. The number of rotatable bonds is 5. The summed E-state index contributed by atoms with van der Waals surface area (Å²) in [7, 11) is 0. The van der Waals surface area contributed by atoms with Crippen LogP contribution in [0.5, 0.6) is 0 Å². The number of hydrogen-bond acceptors (Lipinski definition) is 5. The van der Waals surface area contributed by atoms with Gasteiger partial charge in [-0.25, -0.2) is 4.79 Å². The highest BCUT2D eigenvalue weighted by Gasteiger charge is 2.32. The van der Waals surface area contributed by atoms with Gasteiger partial charge in [0.1, 0.15) is 0 Å². The number of aromatic carboxylic acids is 1. The maximum atomic E-state index is 10.7. The Labute approximate surface area is 110 Å². The average molecular weight is 271 g/mol. The van der Waals surface area contributed by atoms with Crippen LogP contribution in [-0.2, 0) is 16.0 Å². The summed E-state index contributed by atoms with van der Waals surface area (Å²) >= 11 is 1.44. The molecular weight excluding hydrogens is 254 g/mol. The van der Waals surface area contributed by atoms with Gasteiger partial charge in [0.15, 0.2) is 5.79 Å². The molecule has 5 nitrogen and oxygen atoms in total. The van der Waals surface area contributed by atoms with Crippen LogP contribution in [0.4, 0.5) is 0 Å². The molecule has 1 atom stereocenters. The zero-order valence-electron chi connectivity index (χ0n) is 10.4. The molecule has 18 heavy (non-hydrogen) atoms. The molecule has 2 heterocycles. The van der Waals surface area contributed by atoms with Crippen molar-refractivity contribution in [2.75, 3.05) is 13.2 Å². The van der Waals surface area contributed by atoms with Gasteiger partial charge in [-0.15, -0.1) is 11.3 Å². The van der Waals surface area contributed by atoms with Crippen LogP contribution >= 0.6 is 11.3 Å². The fourth-order valence-corrected chi connectivity index (χ4v) is 2.63. The minimum Gasteiger partial charge on any atom is -0.478 e. The van der Waals surface area contributed by atoms with Gasteiger partial charge in [0, 0.05) is 23.3 Å². The second kappa shape index (κ2) is 5.36. The minimum absolute atomic E-state index is 0.0545. The van der Waals surface area contributed by atoms with E-state index in [1.807, 2.05) is 13.8 Å². The first-order chi connectivity index (χ1) is 8.46. The predicted molar refractivity (Wildman–Crippen MR) is 67.9 cm³/mol. The van der Waals surface area contributed by atoms with E-state index in [9.17, 15) is 4.79 Å².